The molecule has 0 bridgehead atoms. The van der Waals surface area contributed by atoms with Crippen LogP contribution in [0.4, 0.5) is 0 Å². The Bertz CT molecular complexity index is 555. The fourth-order valence-corrected chi connectivity index (χ4v) is 3.67. The summed E-state index contributed by atoms with van der Waals surface area (Å²) in [5.74, 6) is -0.0845. The summed E-state index contributed by atoms with van der Waals surface area (Å²) in [6, 6.07) is 8.88. The Labute approximate surface area is 138 Å². The van der Waals surface area contributed by atoms with Crippen LogP contribution in [0.1, 0.15) is 50.4 Å². The number of ketones is 1. The number of benzene rings is 1. The molecule has 4 heteroatoms. The van der Waals surface area contributed by atoms with Crippen molar-refractivity contribution in [2.75, 3.05) is 6.54 Å². The summed E-state index contributed by atoms with van der Waals surface area (Å²) in [4.78, 5) is 24.7. The Hall–Kier alpha value is -1.68. The SMILES string of the molecule is CC1CCC(C(C)C)C(O)(C(=O)NCC(=O)c2ccccc2)C1. The Morgan fingerprint density at radius 2 is 1.91 bits per heavy atom. The van der Waals surface area contributed by atoms with Crippen LogP contribution in [0.3, 0.4) is 0 Å². The van der Waals surface area contributed by atoms with E-state index in [9.17, 15) is 14.7 Å². The summed E-state index contributed by atoms with van der Waals surface area (Å²) < 4.78 is 0. The second kappa shape index (κ2) is 7.26. The highest BCUT2D eigenvalue weighted by Crippen LogP contribution is 2.41. The van der Waals surface area contributed by atoms with E-state index >= 15 is 0 Å². The lowest BCUT2D eigenvalue weighted by atomic mass is 9.66. The number of Topliss-reactive ketones (excluding diaryl/α,β-unsaturated/α-hetero) is 1. The van der Waals surface area contributed by atoms with Gasteiger partial charge in [0.1, 0.15) is 5.60 Å². The molecule has 1 amide bonds. The average Bonchev–Trinajstić information content (AvgIpc) is 2.52. The number of amides is 1. The molecule has 23 heavy (non-hydrogen) atoms. The largest absolute Gasteiger partial charge is 0.380 e. The normalized spacial score (nSPS) is 27.7. The minimum Gasteiger partial charge on any atom is -0.380 e. The minimum atomic E-state index is -1.37. The van der Waals surface area contributed by atoms with Crippen LogP contribution >= 0.6 is 0 Å². The topological polar surface area (TPSA) is 66.4 Å². The van der Waals surface area contributed by atoms with Gasteiger partial charge in [0.05, 0.1) is 6.54 Å². The van der Waals surface area contributed by atoms with E-state index in [2.05, 4.69) is 12.2 Å². The van der Waals surface area contributed by atoms with Crippen LogP contribution in [-0.2, 0) is 4.79 Å². The van der Waals surface area contributed by atoms with Crippen molar-refractivity contribution in [3.8, 4) is 0 Å². The van der Waals surface area contributed by atoms with E-state index in [1.54, 1.807) is 24.3 Å². The van der Waals surface area contributed by atoms with Crippen molar-refractivity contribution < 1.29 is 14.7 Å². The zero-order valence-corrected chi connectivity index (χ0v) is 14.2. The predicted molar refractivity (Wildman–Crippen MR) is 90.1 cm³/mol. The first-order valence-corrected chi connectivity index (χ1v) is 8.43. The van der Waals surface area contributed by atoms with Gasteiger partial charge in [0.25, 0.3) is 5.91 Å². The molecule has 1 saturated carbocycles. The predicted octanol–water partition coefficient (Wildman–Crippen LogP) is 2.81. The van der Waals surface area contributed by atoms with Crippen LogP contribution in [0.2, 0.25) is 0 Å². The molecule has 0 aromatic heterocycles. The van der Waals surface area contributed by atoms with E-state index in [4.69, 9.17) is 0 Å². The third kappa shape index (κ3) is 3.99. The van der Waals surface area contributed by atoms with Gasteiger partial charge in [0.15, 0.2) is 5.78 Å². The maximum Gasteiger partial charge on any atom is 0.252 e. The maximum atomic E-state index is 12.6. The molecule has 1 fully saturated rings. The third-order valence-electron chi connectivity index (χ3n) is 4.95. The number of carbonyl (C=O) groups excluding carboxylic acids is 2. The number of hydrogen-bond acceptors (Lipinski definition) is 3. The molecule has 1 aromatic rings. The molecule has 1 aliphatic carbocycles. The molecule has 126 valence electrons. The van der Waals surface area contributed by atoms with Crippen molar-refractivity contribution in [2.45, 2.75) is 45.6 Å². The van der Waals surface area contributed by atoms with Crippen molar-refractivity contribution in [1.82, 2.24) is 5.32 Å². The average molecular weight is 317 g/mol. The van der Waals surface area contributed by atoms with E-state index < -0.39 is 11.5 Å². The second-order valence-corrected chi connectivity index (χ2v) is 7.13. The van der Waals surface area contributed by atoms with Gasteiger partial charge >= 0.3 is 0 Å². The molecular weight excluding hydrogens is 290 g/mol. The summed E-state index contributed by atoms with van der Waals surface area (Å²) in [5.41, 5.74) is -0.805. The summed E-state index contributed by atoms with van der Waals surface area (Å²) in [6.07, 6.45) is 2.33. The molecule has 3 atom stereocenters. The standard InChI is InChI=1S/C19H27NO3/c1-13(2)16-10-9-14(3)11-19(16,23)18(22)20-12-17(21)15-7-5-4-6-8-15/h4-8,13-14,16,23H,9-12H2,1-3H3,(H,20,22). The van der Waals surface area contributed by atoms with Gasteiger partial charge in [0, 0.05) is 5.56 Å². The van der Waals surface area contributed by atoms with Gasteiger partial charge in [-0.2, -0.15) is 0 Å². The molecule has 0 aliphatic heterocycles. The smallest absolute Gasteiger partial charge is 0.252 e. The summed E-state index contributed by atoms with van der Waals surface area (Å²) in [7, 11) is 0. The van der Waals surface area contributed by atoms with E-state index in [1.165, 1.54) is 0 Å². The van der Waals surface area contributed by atoms with Gasteiger partial charge < -0.3 is 10.4 Å². The Morgan fingerprint density at radius 1 is 1.26 bits per heavy atom. The summed E-state index contributed by atoms with van der Waals surface area (Å²) in [6.45, 7) is 6.05. The van der Waals surface area contributed by atoms with Crippen LogP contribution < -0.4 is 5.32 Å². The number of nitrogens with one attached hydrogen (secondary N) is 1. The molecule has 2 N–H and O–H groups in total. The van der Waals surface area contributed by atoms with Gasteiger partial charge in [-0.3, -0.25) is 9.59 Å². The summed E-state index contributed by atoms with van der Waals surface area (Å²) in [5, 5.41) is 13.7. The number of hydrogen-bond donors (Lipinski definition) is 2. The van der Waals surface area contributed by atoms with Crippen molar-refractivity contribution >= 4 is 11.7 Å². The van der Waals surface area contributed by atoms with Crippen molar-refractivity contribution in [2.24, 2.45) is 17.8 Å². The van der Waals surface area contributed by atoms with Crippen LogP contribution in [-0.4, -0.2) is 28.9 Å². The Balaban J connectivity index is 2.04. The molecule has 1 aliphatic rings. The lowest BCUT2D eigenvalue weighted by molar-refractivity contribution is -0.155. The first-order valence-electron chi connectivity index (χ1n) is 8.43. The fourth-order valence-electron chi connectivity index (χ4n) is 3.67. The van der Waals surface area contributed by atoms with Crippen LogP contribution in [0.25, 0.3) is 0 Å². The third-order valence-corrected chi connectivity index (χ3v) is 4.95. The first-order chi connectivity index (χ1) is 10.8. The number of aliphatic hydroxyl groups is 1. The van der Waals surface area contributed by atoms with Gasteiger partial charge in [-0.1, -0.05) is 57.5 Å². The Kier molecular flexibility index (Phi) is 5.58. The van der Waals surface area contributed by atoms with Gasteiger partial charge in [0.2, 0.25) is 0 Å². The van der Waals surface area contributed by atoms with E-state index in [-0.39, 0.29) is 24.2 Å². The van der Waals surface area contributed by atoms with Crippen molar-refractivity contribution in [3.63, 3.8) is 0 Å². The zero-order valence-electron chi connectivity index (χ0n) is 14.2. The Morgan fingerprint density at radius 3 is 2.52 bits per heavy atom. The van der Waals surface area contributed by atoms with Gasteiger partial charge in [-0.25, -0.2) is 0 Å². The zero-order chi connectivity index (χ0) is 17.0. The quantitative estimate of drug-likeness (QED) is 0.821. The molecule has 4 nitrogen and oxygen atoms in total. The van der Waals surface area contributed by atoms with Crippen LogP contribution in [0.15, 0.2) is 30.3 Å². The molecule has 0 heterocycles. The lowest BCUT2D eigenvalue weighted by Crippen LogP contribution is -2.56. The van der Waals surface area contributed by atoms with Crippen molar-refractivity contribution in [3.05, 3.63) is 35.9 Å². The molecule has 2 rings (SSSR count). The highest BCUT2D eigenvalue weighted by molar-refractivity contribution is 6.00. The van der Waals surface area contributed by atoms with E-state index in [0.717, 1.165) is 12.8 Å². The second-order valence-electron chi connectivity index (χ2n) is 7.13. The van der Waals surface area contributed by atoms with E-state index in [0.29, 0.717) is 17.9 Å². The lowest BCUT2D eigenvalue weighted by Gasteiger charge is -2.43. The van der Waals surface area contributed by atoms with E-state index in [1.807, 2.05) is 19.9 Å². The van der Waals surface area contributed by atoms with Crippen molar-refractivity contribution in [1.29, 1.82) is 0 Å². The fraction of sp³-hybridized carbons (Fsp3) is 0.579. The van der Waals surface area contributed by atoms with Crippen LogP contribution in [0, 0.1) is 17.8 Å². The molecule has 0 saturated heterocycles. The monoisotopic (exact) mass is 317 g/mol. The molecule has 0 radical (unpaired) electrons. The molecular formula is C19H27NO3. The minimum absolute atomic E-state index is 0.0643. The number of carbonyl (C=O) groups is 2. The molecule has 3 unspecified atom stereocenters. The first kappa shape index (κ1) is 17.7. The molecule has 0 spiro atoms. The molecule has 1 aromatic carbocycles. The highest BCUT2D eigenvalue weighted by atomic mass is 16.3. The number of rotatable bonds is 5. The van der Waals surface area contributed by atoms with Gasteiger partial charge in [-0.15, -0.1) is 0 Å². The highest BCUT2D eigenvalue weighted by Gasteiger charge is 2.48. The maximum absolute atomic E-state index is 12.6. The van der Waals surface area contributed by atoms with Gasteiger partial charge in [-0.05, 0) is 30.6 Å². The van der Waals surface area contributed by atoms with Crippen LogP contribution in [0.5, 0.6) is 0 Å². The summed E-state index contributed by atoms with van der Waals surface area (Å²) >= 11 is 0.